The number of allylic oxidation sites excluding steroid dienone is 2. The van der Waals surface area contributed by atoms with E-state index in [0.29, 0.717) is 25.0 Å². The van der Waals surface area contributed by atoms with Gasteiger partial charge in [-0.25, -0.2) is 4.98 Å². The topological polar surface area (TPSA) is 101 Å². The van der Waals surface area contributed by atoms with Crippen molar-refractivity contribution in [3.05, 3.63) is 69.3 Å². The summed E-state index contributed by atoms with van der Waals surface area (Å²) in [7, 11) is 0. The summed E-state index contributed by atoms with van der Waals surface area (Å²) in [5.41, 5.74) is 13.4. The Morgan fingerprint density at radius 2 is 1.62 bits per heavy atom. The largest absolute Gasteiger partial charge is 0.466 e. The zero-order chi connectivity index (χ0) is 28.7. The quantitative estimate of drug-likeness (QED) is 0.248. The van der Waals surface area contributed by atoms with Gasteiger partial charge in [0.2, 0.25) is 0 Å². The standard InChI is InChI=1S/C33H38N4O3/c1-8-22-18(4)28-15-31-24(16-38)20(6)27(36-31)14-29-19(5)23(10-11-32(39)40-9-2)33(37-29)21(7)26-12-17(3)25(34-26)13-30(22)35-28/h12-16,19,23,34,36H,8-11H2,1-7H3/t19?,23-/m0/s1. The fourth-order valence-corrected chi connectivity index (χ4v) is 6.07. The van der Waals surface area contributed by atoms with Gasteiger partial charge in [0.25, 0.3) is 0 Å². The average Bonchev–Trinajstić information content (AvgIpc) is 3.62. The molecule has 0 saturated heterocycles. The summed E-state index contributed by atoms with van der Waals surface area (Å²) in [4.78, 5) is 41.8. The van der Waals surface area contributed by atoms with Gasteiger partial charge in [0.1, 0.15) is 0 Å². The number of fused-ring (bicyclic) bond motifs is 8. The first-order valence-corrected chi connectivity index (χ1v) is 14.2. The second-order valence-electron chi connectivity index (χ2n) is 10.9. The predicted molar refractivity (Wildman–Crippen MR) is 160 cm³/mol. The van der Waals surface area contributed by atoms with E-state index in [1.807, 2.05) is 19.9 Å². The Bertz CT molecular complexity index is 1710. The molecule has 5 heterocycles. The molecule has 0 amide bonds. The Kier molecular flexibility index (Phi) is 7.49. The molecular weight excluding hydrogens is 500 g/mol. The number of carbonyl (C=O) groups excluding carboxylic acids is 2. The van der Waals surface area contributed by atoms with Gasteiger partial charge in [-0.15, -0.1) is 0 Å². The van der Waals surface area contributed by atoms with E-state index in [9.17, 15) is 9.59 Å². The molecule has 0 saturated carbocycles. The molecule has 40 heavy (non-hydrogen) atoms. The maximum absolute atomic E-state index is 12.3. The minimum absolute atomic E-state index is 0.0578. The highest BCUT2D eigenvalue weighted by Crippen LogP contribution is 2.42. The van der Waals surface area contributed by atoms with Crippen molar-refractivity contribution in [2.24, 2.45) is 0 Å². The van der Waals surface area contributed by atoms with E-state index >= 15 is 0 Å². The molecule has 8 bridgehead atoms. The number of aromatic amines is 2. The minimum Gasteiger partial charge on any atom is -0.466 e. The van der Waals surface area contributed by atoms with Crippen LogP contribution < -0.4 is 0 Å². The van der Waals surface area contributed by atoms with Crippen molar-refractivity contribution in [1.82, 2.24) is 19.9 Å². The molecule has 2 atom stereocenters. The molecule has 7 heteroatoms. The Morgan fingerprint density at radius 3 is 2.33 bits per heavy atom. The lowest BCUT2D eigenvalue weighted by molar-refractivity contribution is -0.143. The maximum Gasteiger partial charge on any atom is 0.305 e. The zero-order valence-corrected chi connectivity index (χ0v) is 24.5. The van der Waals surface area contributed by atoms with Crippen LogP contribution in [0.2, 0.25) is 0 Å². The van der Waals surface area contributed by atoms with Crippen LogP contribution in [0.25, 0.3) is 33.2 Å². The van der Waals surface area contributed by atoms with Crippen molar-refractivity contribution in [2.45, 2.75) is 79.6 Å². The number of rotatable bonds is 6. The number of carbonyl (C=O) groups is 2. The number of esters is 1. The lowest BCUT2D eigenvalue weighted by Crippen LogP contribution is -2.09. The van der Waals surface area contributed by atoms with Gasteiger partial charge in [-0.05, 0) is 99.6 Å². The SMILES string of the molecule is CCOC(=O)CC[C@@H]1c2nc(cc3[nH]c(cc4nc(cc5[nH]c(cc5C)c2C)C(CC)=C4C)c(C=O)c3C)C1C. The summed E-state index contributed by atoms with van der Waals surface area (Å²) in [6.45, 7) is 14.8. The fourth-order valence-electron chi connectivity index (χ4n) is 6.07. The van der Waals surface area contributed by atoms with Gasteiger partial charge in [0.05, 0.1) is 23.5 Å². The Labute approximate surface area is 235 Å². The Hall–Kier alpha value is -4.00. The molecule has 0 aliphatic carbocycles. The zero-order valence-electron chi connectivity index (χ0n) is 24.5. The van der Waals surface area contributed by atoms with Crippen LogP contribution in [0.3, 0.4) is 0 Å². The molecule has 3 aromatic rings. The number of aryl methyl sites for hydroxylation is 3. The molecule has 208 valence electrons. The number of nitrogens with one attached hydrogen (secondary N) is 2. The number of ether oxygens (including phenoxy) is 1. The third kappa shape index (κ3) is 4.78. The van der Waals surface area contributed by atoms with Gasteiger partial charge >= 0.3 is 5.97 Å². The van der Waals surface area contributed by atoms with Crippen LogP contribution in [0.15, 0.2) is 24.3 Å². The second kappa shape index (κ2) is 10.9. The summed E-state index contributed by atoms with van der Waals surface area (Å²) in [5.74, 6) is -0.0443. The summed E-state index contributed by atoms with van der Waals surface area (Å²) in [5, 5.41) is 0. The first-order valence-electron chi connectivity index (χ1n) is 14.2. The lowest BCUT2D eigenvalue weighted by atomic mass is 9.86. The smallest absolute Gasteiger partial charge is 0.305 e. The summed E-state index contributed by atoms with van der Waals surface area (Å²) in [6, 6.07) is 8.33. The minimum atomic E-state index is -0.186. The molecule has 2 aliphatic heterocycles. The molecule has 3 aromatic heterocycles. The molecule has 1 unspecified atom stereocenters. The van der Waals surface area contributed by atoms with E-state index in [1.165, 1.54) is 5.57 Å². The van der Waals surface area contributed by atoms with Crippen molar-refractivity contribution in [1.29, 1.82) is 0 Å². The third-order valence-electron chi connectivity index (χ3n) is 8.56. The molecule has 5 rings (SSSR count). The average molecular weight is 539 g/mol. The van der Waals surface area contributed by atoms with Gasteiger partial charge in [0.15, 0.2) is 6.29 Å². The summed E-state index contributed by atoms with van der Waals surface area (Å²) in [6.07, 6.45) is 2.75. The lowest BCUT2D eigenvalue weighted by Gasteiger charge is -2.16. The van der Waals surface area contributed by atoms with Crippen LogP contribution in [0, 0.1) is 20.8 Å². The number of aromatic nitrogens is 4. The number of hydrogen-bond acceptors (Lipinski definition) is 5. The van der Waals surface area contributed by atoms with Gasteiger partial charge in [-0.1, -0.05) is 13.8 Å². The van der Waals surface area contributed by atoms with Crippen molar-refractivity contribution in [2.75, 3.05) is 6.61 Å². The number of nitrogens with zero attached hydrogens (tertiary/aromatic N) is 2. The van der Waals surface area contributed by atoms with Gasteiger partial charge in [-0.3, -0.25) is 14.6 Å². The van der Waals surface area contributed by atoms with Gasteiger partial charge < -0.3 is 14.7 Å². The molecule has 2 N–H and O–H groups in total. The van der Waals surface area contributed by atoms with E-state index in [0.717, 1.165) is 79.8 Å². The van der Waals surface area contributed by atoms with Crippen LogP contribution >= 0.6 is 0 Å². The van der Waals surface area contributed by atoms with Crippen LogP contribution in [-0.4, -0.2) is 38.8 Å². The van der Waals surface area contributed by atoms with E-state index < -0.39 is 0 Å². The predicted octanol–water partition coefficient (Wildman–Crippen LogP) is 7.62. The summed E-state index contributed by atoms with van der Waals surface area (Å²) < 4.78 is 5.23. The molecule has 7 nitrogen and oxygen atoms in total. The highest BCUT2D eigenvalue weighted by Gasteiger charge is 2.31. The Balaban J connectivity index is 1.85. The molecule has 0 spiro atoms. The Morgan fingerprint density at radius 1 is 0.925 bits per heavy atom. The monoisotopic (exact) mass is 538 g/mol. The molecule has 0 radical (unpaired) electrons. The van der Waals surface area contributed by atoms with Crippen molar-refractivity contribution in [3.8, 4) is 0 Å². The third-order valence-corrected chi connectivity index (χ3v) is 8.56. The molecule has 0 aromatic carbocycles. The number of H-pyrrole nitrogens is 2. The summed E-state index contributed by atoms with van der Waals surface area (Å²) >= 11 is 0. The second-order valence-corrected chi connectivity index (χ2v) is 10.9. The maximum atomic E-state index is 12.3. The van der Waals surface area contributed by atoms with E-state index in [2.05, 4.69) is 62.8 Å². The normalized spacial score (nSPS) is 16.9. The first-order chi connectivity index (χ1) is 19.2. The van der Waals surface area contributed by atoms with Crippen LogP contribution in [0.5, 0.6) is 0 Å². The van der Waals surface area contributed by atoms with E-state index in [-0.39, 0.29) is 17.8 Å². The first kappa shape index (κ1) is 27.6. The molecule has 2 aliphatic rings. The highest BCUT2D eigenvalue weighted by molar-refractivity contribution is 5.96. The van der Waals surface area contributed by atoms with E-state index in [4.69, 9.17) is 14.7 Å². The molecule has 0 fully saturated rings. The van der Waals surface area contributed by atoms with Gasteiger partial charge in [0, 0.05) is 51.8 Å². The van der Waals surface area contributed by atoms with Crippen LogP contribution in [-0.2, 0) is 9.53 Å². The highest BCUT2D eigenvalue weighted by atomic mass is 16.5. The van der Waals surface area contributed by atoms with Crippen molar-refractivity contribution >= 4 is 45.5 Å². The van der Waals surface area contributed by atoms with Crippen molar-refractivity contribution in [3.63, 3.8) is 0 Å². The van der Waals surface area contributed by atoms with E-state index in [1.54, 1.807) is 0 Å². The van der Waals surface area contributed by atoms with Gasteiger partial charge in [-0.2, -0.15) is 0 Å². The molecular formula is C33H38N4O3. The number of hydrogen-bond donors (Lipinski definition) is 2. The number of aldehydes is 1. The van der Waals surface area contributed by atoms with Crippen LogP contribution in [0.4, 0.5) is 0 Å². The fraction of sp³-hybridized carbons (Fsp3) is 0.394. The van der Waals surface area contributed by atoms with Crippen LogP contribution in [0.1, 0.15) is 109 Å². The van der Waals surface area contributed by atoms with Crippen molar-refractivity contribution < 1.29 is 14.3 Å².